The Hall–Kier alpha value is -2.75. The number of pyridine rings is 1. The summed E-state index contributed by atoms with van der Waals surface area (Å²) in [6, 6.07) is 16.3. The first-order valence-electron chi connectivity index (χ1n) is 8.33. The quantitative estimate of drug-likeness (QED) is 0.783. The summed E-state index contributed by atoms with van der Waals surface area (Å²) in [4.78, 5) is 19.0. The van der Waals surface area contributed by atoms with Crippen LogP contribution in [-0.2, 0) is 6.42 Å². The lowest BCUT2D eigenvalue weighted by Crippen LogP contribution is -2.25. The molecule has 0 atom stereocenters. The summed E-state index contributed by atoms with van der Waals surface area (Å²) in [5, 5.41) is 1.08. The van der Waals surface area contributed by atoms with Crippen molar-refractivity contribution in [3.8, 4) is 0 Å². The van der Waals surface area contributed by atoms with Crippen LogP contribution in [-0.4, -0.2) is 25.6 Å². The summed E-state index contributed by atoms with van der Waals surface area (Å²) in [6.07, 6.45) is 2.23. The molecule has 4 rings (SSSR count). The number of hydrogen-bond donors (Lipinski definition) is 1. The second kappa shape index (κ2) is 5.71. The molecular weight excluding hydrogens is 298 g/mol. The van der Waals surface area contributed by atoms with Crippen molar-refractivity contribution in [3.05, 3.63) is 64.4 Å². The van der Waals surface area contributed by atoms with E-state index in [4.69, 9.17) is 0 Å². The number of nitrogens with zero attached hydrogens (tertiary/aromatic N) is 2. The molecule has 24 heavy (non-hydrogen) atoms. The first-order valence-corrected chi connectivity index (χ1v) is 8.33. The Labute approximate surface area is 141 Å². The first-order chi connectivity index (χ1) is 11.6. The molecule has 1 N–H and O–H groups in total. The van der Waals surface area contributed by atoms with E-state index in [0.717, 1.165) is 36.0 Å². The highest BCUT2D eigenvalue weighted by atomic mass is 16.1. The fourth-order valence-corrected chi connectivity index (χ4v) is 3.52. The van der Waals surface area contributed by atoms with Crippen LogP contribution in [0.15, 0.2) is 53.3 Å². The monoisotopic (exact) mass is 319 g/mol. The minimum atomic E-state index is -0.0608. The largest absolute Gasteiger partial charge is 0.378 e. The minimum Gasteiger partial charge on any atom is -0.378 e. The summed E-state index contributed by atoms with van der Waals surface area (Å²) in [7, 11) is 4.15. The van der Waals surface area contributed by atoms with Gasteiger partial charge in [-0.25, -0.2) is 0 Å². The predicted molar refractivity (Wildman–Crippen MR) is 101 cm³/mol. The standard InChI is InChI=1S/C20H21N3O/c1-22(2)15-8-10-18-14(13-15)5-4-12-23(18)19-7-3-6-17-16(19)9-11-20(24)21-17/h3,6-11,13H,4-5,12H2,1-2H3,(H,21,24). The molecule has 122 valence electrons. The predicted octanol–water partition coefficient (Wildman–Crippen LogP) is 3.68. The van der Waals surface area contributed by atoms with Gasteiger partial charge in [-0.3, -0.25) is 4.79 Å². The van der Waals surface area contributed by atoms with Gasteiger partial charge in [-0.2, -0.15) is 0 Å². The van der Waals surface area contributed by atoms with Crippen molar-refractivity contribution in [2.75, 3.05) is 30.4 Å². The number of aromatic nitrogens is 1. The van der Waals surface area contributed by atoms with Crippen molar-refractivity contribution in [2.24, 2.45) is 0 Å². The smallest absolute Gasteiger partial charge is 0.248 e. The van der Waals surface area contributed by atoms with Crippen LogP contribution in [0.5, 0.6) is 0 Å². The normalized spacial score (nSPS) is 13.8. The maximum absolute atomic E-state index is 11.6. The van der Waals surface area contributed by atoms with Gasteiger partial charge in [0.1, 0.15) is 0 Å². The van der Waals surface area contributed by atoms with Crippen molar-refractivity contribution in [3.63, 3.8) is 0 Å². The van der Waals surface area contributed by atoms with Crippen molar-refractivity contribution >= 4 is 28.0 Å². The highest BCUT2D eigenvalue weighted by Crippen LogP contribution is 2.38. The molecule has 0 bridgehead atoms. The average Bonchev–Trinajstić information content (AvgIpc) is 2.60. The van der Waals surface area contributed by atoms with Gasteiger partial charge in [0.25, 0.3) is 0 Å². The highest BCUT2D eigenvalue weighted by molar-refractivity contribution is 5.94. The third kappa shape index (κ3) is 2.44. The molecule has 2 aromatic carbocycles. The lowest BCUT2D eigenvalue weighted by Gasteiger charge is -2.33. The van der Waals surface area contributed by atoms with Gasteiger partial charge in [-0.1, -0.05) is 6.07 Å². The molecule has 3 aromatic rings. The summed E-state index contributed by atoms with van der Waals surface area (Å²) in [5.74, 6) is 0. The number of H-pyrrole nitrogens is 1. The number of aryl methyl sites for hydroxylation is 1. The second-order valence-electron chi connectivity index (χ2n) is 6.52. The van der Waals surface area contributed by atoms with Crippen LogP contribution in [0.1, 0.15) is 12.0 Å². The number of benzene rings is 2. The van der Waals surface area contributed by atoms with E-state index in [9.17, 15) is 4.79 Å². The van der Waals surface area contributed by atoms with E-state index in [0.29, 0.717) is 0 Å². The zero-order valence-electron chi connectivity index (χ0n) is 14.0. The number of fused-ring (bicyclic) bond motifs is 2. The van der Waals surface area contributed by atoms with Gasteiger partial charge >= 0.3 is 0 Å². The zero-order valence-corrected chi connectivity index (χ0v) is 14.0. The number of aromatic amines is 1. The minimum absolute atomic E-state index is 0.0608. The topological polar surface area (TPSA) is 39.3 Å². The molecule has 1 aliphatic rings. The van der Waals surface area contributed by atoms with E-state index in [1.807, 2.05) is 18.2 Å². The van der Waals surface area contributed by atoms with E-state index in [2.05, 4.69) is 53.1 Å². The van der Waals surface area contributed by atoms with Gasteiger partial charge in [-0.15, -0.1) is 0 Å². The van der Waals surface area contributed by atoms with Crippen LogP contribution in [0.2, 0.25) is 0 Å². The van der Waals surface area contributed by atoms with Crippen molar-refractivity contribution in [1.82, 2.24) is 4.98 Å². The molecule has 0 radical (unpaired) electrons. The van der Waals surface area contributed by atoms with Gasteiger partial charge < -0.3 is 14.8 Å². The molecule has 4 heteroatoms. The third-order valence-corrected chi connectivity index (χ3v) is 4.73. The summed E-state index contributed by atoms with van der Waals surface area (Å²) in [5.41, 5.74) is 5.87. The van der Waals surface area contributed by atoms with Crippen LogP contribution in [0, 0.1) is 0 Å². The Morgan fingerprint density at radius 1 is 1.04 bits per heavy atom. The fourth-order valence-electron chi connectivity index (χ4n) is 3.52. The zero-order chi connectivity index (χ0) is 16.7. The van der Waals surface area contributed by atoms with E-state index < -0.39 is 0 Å². The van der Waals surface area contributed by atoms with E-state index >= 15 is 0 Å². The molecule has 0 aliphatic carbocycles. The van der Waals surface area contributed by atoms with Gasteiger partial charge in [0.15, 0.2) is 0 Å². The molecule has 1 aromatic heterocycles. The number of nitrogens with one attached hydrogen (secondary N) is 1. The van der Waals surface area contributed by atoms with Crippen LogP contribution in [0.4, 0.5) is 17.1 Å². The summed E-state index contributed by atoms with van der Waals surface area (Å²) < 4.78 is 0. The van der Waals surface area contributed by atoms with Gasteiger partial charge in [-0.05, 0) is 54.8 Å². The van der Waals surface area contributed by atoms with Gasteiger partial charge in [0.05, 0.1) is 11.2 Å². The van der Waals surface area contributed by atoms with Crippen LogP contribution < -0.4 is 15.4 Å². The van der Waals surface area contributed by atoms with Crippen LogP contribution >= 0.6 is 0 Å². The van der Waals surface area contributed by atoms with E-state index in [1.54, 1.807) is 6.07 Å². The molecule has 4 nitrogen and oxygen atoms in total. The van der Waals surface area contributed by atoms with Gasteiger partial charge in [0, 0.05) is 43.5 Å². The molecular formula is C20H21N3O. The molecule has 0 unspecified atom stereocenters. The molecule has 0 amide bonds. The lowest BCUT2D eigenvalue weighted by atomic mass is 9.99. The van der Waals surface area contributed by atoms with Crippen molar-refractivity contribution in [2.45, 2.75) is 12.8 Å². The van der Waals surface area contributed by atoms with E-state index in [-0.39, 0.29) is 5.56 Å². The number of rotatable bonds is 2. The third-order valence-electron chi connectivity index (χ3n) is 4.73. The SMILES string of the molecule is CN(C)c1ccc2c(c1)CCCN2c1cccc2[nH]c(=O)ccc12. The molecule has 0 saturated heterocycles. The Morgan fingerprint density at radius 2 is 1.92 bits per heavy atom. The number of anilines is 3. The van der Waals surface area contributed by atoms with Crippen LogP contribution in [0.25, 0.3) is 10.9 Å². The molecule has 0 spiro atoms. The lowest BCUT2D eigenvalue weighted by molar-refractivity contribution is 0.768. The Balaban J connectivity index is 1.86. The second-order valence-corrected chi connectivity index (χ2v) is 6.52. The van der Waals surface area contributed by atoms with Crippen molar-refractivity contribution in [1.29, 1.82) is 0 Å². The Bertz CT molecular complexity index is 959. The van der Waals surface area contributed by atoms with Crippen LogP contribution in [0.3, 0.4) is 0 Å². The maximum atomic E-state index is 11.6. The summed E-state index contributed by atoms with van der Waals surface area (Å²) in [6.45, 7) is 0.993. The van der Waals surface area contributed by atoms with Gasteiger partial charge in [0.2, 0.25) is 5.56 Å². The molecule has 1 aliphatic heterocycles. The molecule has 0 fully saturated rings. The Morgan fingerprint density at radius 3 is 2.75 bits per heavy atom. The van der Waals surface area contributed by atoms with E-state index in [1.165, 1.54) is 16.9 Å². The fraction of sp³-hybridized carbons (Fsp3) is 0.250. The number of hydrogen-bond acceptors (Lipinski definition) is 3. The molecule has 2 heterocycles. The molecule has 0 saturated carbocycles. The first kappa shape index (κ1) is 14.8. The average molecular weight is 319 g/mol. The Kier molecular flexibility index (Phi) is 3.53. The van der Waals surface area contributed by atoms with Crippen molar-refractivity contribution < 1.29 is 0 Å². The summed E-state index contributed by atoms with van der Waals surface area (Å²) >= 11 is 0. The maximum Gasteiger partial charge on any atom is 0.248 e. The highest BCUT2D eigenvalue weighted by Gasteiger charge is 2.20.